The summed E-state index contributed by atoms with van der Waals surface area (Å²) in [6.45, 7) is 0.914. The molecule has 3 aromatic carbocycles. The van der Waals surface area contributed by atoms with E-state index in [1.807, 2.05) is 24.3 Å². The Morgan fingerprint density at radius 3 is 2.38 bits per heavy atom. The van der Waals surface area contributed by atoms with Crippen molar-refractivity contribution in [2.24, 2.45) is 0 Å². The second kappa shape index (κ2) is 8.89. The third-order valence-corrected chi connectivity index (χ3v) is 8.88. The van der Waals surface area contributed by atoms with Crippen molar-refractivity contribution in [1.82, 2.24) is 19.2 Å². The number of nitrogens with two attached hydrogens (primary N) is 1. The molecule has 8 nitrogen and oxygen atoms in total. The number of carbonyl (C=O) groups is 1. The summed E-state index contributed by atoms with van der Waals surface area (Å²) in [5.74, 6) is -0.294. The number of sulfonamides is 1. The zero-order chi connectivity index (χ0) is 25.7. The minimum atomic E-state index is -3.91. The number of nitrogen functional groups attached to an aromatic ring is 1. The van der Waals surface area contributed by atoms with Gasteiger partial charge in [-0.1, -0.05) is 48.5 Å². The van der Waals surface area contributed by atoms with Crippen molar-refractivity contribution in [2.75, 3.05) is 18.8 Å². The maximum absolute atomic E-state index is 13.8. The van der Waals surface area contributed by atoms with E-state index in [1.54, 1.807) is 41.3 Å². The minimum absolute atomic E-state index is 0.0156. The number of rotatable bonds is 4. The Hall–Kier alpha value is -3.89. The van der Waals surface area contributed by atoms with Crippen LogP contribution in [0, 0.1) is 0 Å². The van der Waals surface area contributed by atoms with Crippen LogP contribution in [0.1, 0.15) is 28.0 Å². The molecule has 1 amide bonds. The van der Waals surface area contributed by atoms with Gasteiger partial charge in [0, 0.05) is 37.1 Å². The second-order valence-electron chi connectivity index (χ2n) is 9.34. The fourth-order valence-electron chi connectivity index (χ4n) is 5.08. The lowest BCUT2D eigenvalue weighted by molar-refractivity contribution is 0.0747. The summed E-state index contributed by atoms with van der Waals surface area (Å²) in [4.78, 5) is 24.0. The number of hydrogen-bond donors (Lipinski definition) is 1. The topological polar surface area (TPSA) is 109 Å². The van der Waals surface area contributed by atoms with Gasteiger partial charge in [-0.15, -0.1) is 0 Å². The van der Waals surface area contributed by atoms with Crippen LogP contribution in [0.25, 0.3) is 22.0 Å². The average molecular weight is 518 g/mol. The summed E-state index contributed by atoms with van der Waals surface area (Å²) in [5, 5.41) is 0.477. The molecule has 37 heavy (non-hydrogen) atoms. The van der Waals surface area contributed by atoms with E-state index >= 15 is 0 Å². The van der Waals surface area contributed by atoms with E-state index < -0.39 is 16.2 Å². The molecule has 0 aliphatic carbocycles. The van der Waals surface area contributed by atoms with Crippen molar-refractivity contribution in [3.8, 4) is 11.1 Å². The van der Waals surface area contributed by atoms with E-state index in [4.69, 9.17) is 5.73 Å². The van der Waals surface area contributed by atoms with Gasteiger partial charge in [-0.05, 0) is 41.3 Å². The minimum Gasteiger partial charge on any atom is -0.368 e. The first-order valence-electron chi connectivity index (χ1n) is 12.0. The first-order chi connectivity index (χ1) is 17.8. The van der Waals surface area contributed by atoms with Gasteiger partial charge < -0.3 is 10.6 Å². The van der Waals surface area contributed by atoms with Crippen molar-refractivity contribution in [3.05, 3.63) is 83.6 Å². The molecule has 0 bridgehead atoms. The summed E-state index contributed by atoms with van der Waals surface area (Å²) in [7, 11) is -3.91. The van der Waals surface area contributed by atoms with Gasteiger partial charge >= 0.3 is 0 Å². The summed E-state index contributed by atoms with van der Waals surface area (Å²) in [6, 6.07) is 19.7. The Morgan fingerprint density at radius 1 is 0.973 bits per heavy atom. The average Bonchev–Trinajstić information content (AvgIpc) is 3.54. The van der Waals surface area contributed by atoms with E-state index in [0.29, 0.717) is 35.1 Å². The molecule has 10 heteroatoms. The van der Waals surface area contributed by atoms with Crippen molar-refractivity contribution < 1.29 is 17.6 Å². The van der Waals surface area contributed by atoms with Crippen molar-refractivity contribution in [1.29, 1.82) is 0 Å². The Morgan fingerprint density at radius 2 is 1.68 bits per heavy atom. The van der Waals surface area contributed by atoms with Crippen LogP contribution in [-0.4, -0.2) is 52.8 Å². The Bertz CT molecular complexity index is 1630. The smallest absolute Gasteiger partial charge is 0.273 e. The molecular weight excluding hydrogens is 493 g/mol. The Balaban J connectivity index is 1.43. The van der Waals surface area contributed by atoms with Crippen LogP contribution >= 0.6 is 0 Å². The number of alkyl halides is 1. The molecule has 6 rings (SSSR count). The number of amides is 1. The number of aromatic nitrogens is 2. The van der Waals surface area contributed by atoms with Crippen molar-refractivity contribution >= 4 is 32.8 Å². The molecule has 0 spiro atoms. The van der Waals surface area contributed by atoms with Crippen LogP contribution in [0.15, 0.2) is 71.6 Å². The number of hydrogen-bond acceptors (Lipinski definition) is 6. The number of carbonyl (C=O) groups excluding carboxylic acids is 1. The highest BCUT2D eigenvalue weighted by molar-refractivity contribution is 7.89. The molecule has 0 radical (unpaired) electrons. The van der Waals surface area contributed by atoms with Gasteiger partial charge in [-0.2, -0.15) is 4.31 Å². The molecule has 1 atom stereocenters. The van der Waals surface area contributed by atoms with E-state index in [2.05, 4.69) is 9.97 Å². The molecule has 2 N–H and O–H groups in total. The van der Waals surface area contributed by atoms with Crippen LogP contribution < -0.4 is 5.73 Å². The van der Waals surface area contributed by atoms with Gasteiger partial charge in [0.15, 0.2) is 0 Å². The summed E-state index contributed by atoms with van der Waals surface area (Å²) < 4.78 is 41.8. The first kappa shape index (κ1) is 23.5. The lowest BCUT2D eigenvalue weighted by Gasteiger charge is -2.19. The van der Waals surface area contributed by atoms with Crippen molar-refractivity contribution in [2.45, 2.75) is 30.6 Å². The predicted molar refractivity (Wildman–Crippen MR) is 138 cm³/mol. The molecule has 1 unspecified atom stereocenters. The molecule has 1 aromatic heterocycles. The number of halogens is 1. The molecular formula is C27H24FN5O3S. The standard InChI is InChI=1S/C27H24FN5O3S/c28-20-11-12-33(16-20)37(35,36)24-8-4-3-7-21(24)17-9-10-23-22(13-17)25(31-27(29)30-23)26(34)32-14-18-5-1-2-6-19(18)15-32/h1-10,13,20H,11-12,14-16H2,(H2,29,30,31). The number of benzene rings is 3. The van der Waals surface area contributed by atoms with Crippen LogP contribution in [0.3, 0.4) is 0 Å². The number of anilines is 1. The van der Waals surface area contributed by atoms with E-state index in [0.717, 1.165) is 11.1 Å². The summed E-state index contributed by atoms with van der Waals surface area (Å²) in [5.41, 5.74) is 9.79. The predicted octanol–water partition coefficient (Wildman–Crippen LogP) is 3.77. The highest BCUT2D eigenvalue weighted by Gasteiger charge is 2.34. The third-order valence-electron chi connectivity index (χ3n) is 6.95. The molecule has 2 aliphatic heterocycles. The van der Waals surface area contributed by atoms with Crippen LogP contribution in [0.4, 0.5) is 10.3 Å². The van der Waals surface area contributed by atoms with Gasteiger partial charge in [-0.3, -0.25) is 4.79 Å². The highest BCUT2D eigenvalue weighted by atomic mass is 32.2. The Kier molecular flexibility index (Phi) is 5.65. The maximum Gasteiger partial charge on any atom is 0.273 e. The fourth-order valence-corrected chi connectivity index (χ4v) is 6.77. The summed E-state index contributed by atoms with van der Waals surface area (Å²) >= 11 is 0. The first-order valence-corrected chi connectivity index (χ1v) is 13.4. The number of nitrogens with zero attached hydrogens (tertiary/aromatic N) is 4. The van der Waals surface area contributed by atoms with Gasteiger partial charge in [0.2, 0.25) is 16.0 Å². The normalized spacial score (nSPS) is 17.9. The molecule has 2 aliphatic rings. The van der Waals surface area contributed by atoms with Gasteiger partial charge in [0.1, 0.15) is 11.9 Å². The van der Waals surface area contributed by atoms with Crippen molar-refractivity contribution in [3.63, 3.8) is 0 Å². The highest BCUT2D eigenvalue weighted by Crippen LogP contribution is 2.34. The molecule has 1 fully saturated rings. The molecule has 188 valence electrons. The molecule has 3 heterocycles. The van der Waals surface area contributed by atoms with Crippen LogP contribution in [0.5, 0.6) is 0 Å². The van der Waals surface area contributed by atoms with Gasteiger partial charge in [-0.25, -0.2) is 22.8 Å². The molecule has 1 saturated heterocycles. The Labute approximate surface area is 213 Å². The molecule has 0 saturated carbocycles. The largest absolute Gasteiger partial charge is 0.368 e. The molecule has 4 aromatic rings. The zero-order valence-electron chi connectivity index (χ0n) is 19.8. The van der Waals surface area contributed by atoms with Crippen LogP contribution in [-0.2, 0) is 23.1 Å². The number of fused-ring (bicyclic) bond motifs is 2. The van der Waals surface area contributed by atoms with Gasteiger partial charge in [0.05, 0.1) is 10.4 Å². The SMILES string of the molecule is Nc1nc(C(=O)N2Cc3ccccc3C2)c2cc(-c3ccccc3S(=O)(=O)N3CCC(F)C3)ccc2n1. The van der Waals surface area contributed by atoms with E-state index in [-0.39, 0.29) is 42.0 Å². The van der Waals surface area contributed by atoms with Gasteiger partial charge in [0.25, 0.3) is 5.91 Å². The van der Waals surface area contributed by atoms with E-state index in [9.17, 15) is 17.6 Å². The van der Waals surface area contributed by atoms with E-state index in [1.165, 1.54) is 10.4 Å². The second-order valence-corrected chi connectivity index (χ2v) is 11.2. The fraction of sp³-hybridized carbons (Fsp3) is 0.222. The lowest BCUT2D eigenvalue weighted by atomic mass is 10.0. The quantitative estimate of drug-likeness (QED) is 0.441. The summed E-state index contributed by atoms with van der Waals surface area (Å²) in [6.07, 6.45) is -0.988. The maximum atomic E-state index is 13.8. The lowest BCUT2D eigenvalue weighted by Crippen LogP contribution is -2.29. The monoisotopic (exact) mass is 517 g/mol. The zero-order valence-corrected chi connectivity index (χ0v) is 20.7. The van der Waals surface area contributed by atoms with Crippen LogP contribution in [0.2, 0.25) is 0 Å². The third kappa shape index (κ3) is 4.11.